The summed E-state index contributed by atoms with van der Waals surface area (Å²) >= 11 is 3.26. The van der Waals surface area contributed by atoms with Gasteiger partial charge in [0.15, 0.2) is 0 Å². The molecule has 1 saturated heterocycles. The molecule has 0 saturated carbocycles. The minimum atomic E-state index is 0.0300. The lowest BCUT2D eigenvalue weighted by Gasteiger charge is -2.22. The average Bonchev–Trinajstić information content (AvgIpc) is 2.30. The normalized spacial score (nSPS) is 21.3. The molecular formula is C10H12BrNO3. The van der Waals surface area contributed by atoms with Crippen LogP contribution >= 0.6 is 15.9 Å². The zero-order chi connectivity index (χ0) is 10.5. The van der Waals surface area contributed by atoms with Gasteiger partial charge in [0.05, 0.1) is 26.0 Å². The van der Waals surface area contributed by atoms with E-state index in [2.05, 4.69) is 20.9 Å². The van der Waals surface area contributed by atoms with Crippen LogP contribution in [0, 0.1) is 0 Å². The molecule has 1 fully saturated rings. The summed E-state index contributed by atoms with van der Waals surface area (Å²) in [5.41, 5.74) is 0. The minimum Gasteiger partial charge on any atom is -0.489 e. The van der Waals surface area contributed by atoms with Crippen molar-refractivity contribution in [2.45, 2.75) is 6.10 Å². The van der Waals surface area contributed by atoms with Crippen molar-refractivity contribution >= 4 is 15.9 Å². The van der Waals surface area contributed by atoms with Crippen molar-refractivity contribution < 1.29 is 14.2 Å². The van der Waals surface area contributed by atoms with Gasteiger partial charge in [0.1, 0.15) is 23.1 Å². The molecule has 0 aliphatic carbocycles. The second-order valence-electron chi connectivity index (χ2n) is 3.20. The number of nitrogens with zero attached hydrogens (tertiary/aromatic N) is 1. The Morgan fingerprint density at radius 2 is 2.40 bits per heavy atom. The first-order valence-corrected chi connectivity index (χ1v) is 5.57. The summed E-state index contributed by atoms with van der Waals surface area (Å²) in [7, 11) is 0. The van der Waals surface area contributed by atoms with E-state index < -0.39 is 0 Å². The second-order valence-corrected chi connectivity index (χ2v) is 4.01. The Bertz CT molecular complexity index is 298. The highest BCUT2D eigenvalue weighted by molar-refractivity contribution is 9.10. The smallest absolute Gasteiger partial charge is 0.137 e. The van der Waals surface area contributed by atoms with Crippen molar-refractivity contribution in [2.24, 2.45) is 0 Å². The molecule has 1 unspecified atom stereocenters. The Hall–Kier alpha value is -0.650. The average molecular weight is 274 g/mol. The molecule has 2 heterocycles. The summed E-state index contributed by atoms with van der Waals surface area (Å²) in [6.07, 6.45) is 1.70. The van der Waals surface area contributed by atoms with E-state index in [9.17, 15) is 0 Å². The SMILES string of the molecule is Brc1ccc(OCC2COCCO2)cn1. The highest BCUT2D eigenvalue weighted by Crippen LogP contribution is 2.13. The molecule has 4 nitrogen and oxygen atoms in total. The third-order valence-corrected chi connectivity index (χ3v) is 2.49. The van der Waals surface area contributed by atoms with Crippen molar-refractivity contribution in [1.29, 1.82) is 0 Å². The molecule has 5 heteroatoms. The maximum atomic E-state index is 5.51. The van der Waals surface area contributed by atoms with Gasteiger partial charge in [-0.3, -0.25) is 0 Å². The number of aromatic nitrogens is 1. The molecule has 0 radical (unpaired) electrons. The molecule has 0 bridgehead atoms. The number of pyridine rings is 1. The highest BCUT2D eigenvalue weighted by atomic mass is 79.9. The number of rotatable bonds is 3. The summed E-state index contributed by atoms with van der Waals surface area (Å²) in [5, 5.41) is 0. The van der Waals surface area contributed by atoms with Crippen LogP contribution in [0.4, 0.5) is 0 Å². The van der Waals surface area contributed by atoms with Gasteiger partial charge in [-0.2, -0.15) is 0 Å². The summed E-state index contributed by atoms with van der Waals surface area (Å²) in [6.45, 7) is 2.43. The standard InChI is InChI=1S/C10H12BrNO3/c11-10-2-1-8(5-12-10)15-7-9-6-13-3-4-14-9/h1-2,5,9H,3-4,6-7H2. The van der Waals surface area contributed by atoms with Crippen molar-refractivity contribution in [3.8, 4) is 5.75 Å². The molecule has 1 aromatic heterocycles. The molecule has 1 aromatic rings. The van der Waals surface area contributed by atoms with Gasteiger partial charge < -0.3 is 14.2 Å². The Kier molecular flexibility index (Phi) is 3.94. The van der Waals surface area contributed by atoms with Gasteiger partial charge >= 0.3 is 0 Å². The molecule has 1 aliphatic heterocycles. The minimum absolute atomic E-state index is 0.0300. The first kappa shape index (κ1) is 10.9. The van der Waals surface area contributed by atoms with Crippen molar-refractivity contribution in [3.05, 3.63) is 22.9 Å². The first-order valence-electron chi connectivity index (χ1n) is 4.78. The van der Waals surface area contributed by atoms with Gasteiger partial charge in [-0.05, 0) is 28.1 Å². The monoisotopic (exact) mass is 273 g/mol. The number of halogens is 1. The van der Waals surface area contributed by atoms with Gasteiger partial charge in [0.2, 0.25) is 0 Å². The predicted molar refractivity (Wildman–Crippen MR) is 58.0 cm³/mol. The van der Waals surface area contributed by atoms with Gasteiger partial charge in [0.25, 0.3) is 0 Å². The van der Waals surface area contributed by atoms with E-state index in [1.165, 1.54) is 0 Å². The molecule has 0 N–H and O–H groups in total. The van der Waals surface area contributed by atoms with E-state index in [4.69, 9.17) is 14.2 Å². The van der Waals surface area contributed by atoms with Crippen LogP contribution in [0.15, 0.2) is 22.9 Å². The molecule has 82 valence electrons. The third kappa shape index (κ3) is 3.44. The van der Waals surface area contributed by atoms with Crippen LogP contribution in [0.25, 0.3) is 0 Å². The van der Waals surface area contributed by atoms with Crippen LogP contribution in [-0.4, -0.2) is 37.5 Å². The maximum Gasteiger partial charge on any atom is 0.137 e. The Morgan fingerprint density at radius 3 is 3.07 bits per heavy atom. The number of hydrogen-bond donors (Lipinski definition) is 0. The fourth-order valence-electron chi connectivity index (χ4n) is 1.27. The van der Waals surface area contributed by atoms with Gasteiger partial charge in [-0.1, -0.05) is 0 Å². The predicted octanol–water partition coefficient (Wildman–Crippen LogP) is 1.64. The van der Waals surface area contributed by atoms with Crippen molar-refractivity contribution in [1.82, 2.24) is 4.98 Å². The second kappa shape index (κ2) is 5.44. The first-order chi connectivity index (χ1) is 7.34. The van der Waals surface area contributed by atoms with Crippen LogP contribution < -0.4 is 4.74 Å². The van der Waals surface area contributed by atoms with E-state index in [1.54, 1.807) is 6.20 Å². The fourth-order valence-corrected chi connectivity index (χ4v) is 1.50. The van der Waals surface area contributed by atoms with Crippen LogP contribution in [0.1, 0.15) is 0 Å². The zero-order valence-corrected chi connectivity index (χ0v) is 9.77. The molecular weight excluding hydrogens is 262 g/mol. The number of ether oxygens (including phenoxy) is 3. The van der Waals surface area contributed by atoms with Crippen LogP contribution in [0.3, 0.4) is 0 Å². The lowest BCUT2D eigenvalue weighted by atomic mass is 10.4. The molecule has 15 heavy (non-hydrogen) atoms. The van der Waals surface area contributed by atoms with Gasteiger partial charge in [-0.25, -0.2) is 4.98 Å². The molecule has 0 aromatic carbocycles. The molecule has 0 amide bonds. The third-order valence-electron chi connectivity index (χ3n) is 2.02. The van der Waals surface area contributed by atoms with Gasteiger partial charge in [-0.15, -0.1) is 0 Å². The largest absolute Gasteiger partial charge is 0.489 e. The Labute approximate surface area is 96.7 Å². The summed E-state index contributed by atoms with van der Waals surface area (Å²) in [4.78, 5) is 4.06. The summed E-state index contributed by atoms with van der Waals surface area (Å²) < 4.78 is 17.0. The van der Waals surface area contributed by atoms with Crippen molar-refractivity contribution in [3.63, 3.8) is 0 Å². The Morgan fingerprint density at radius 1 is 1.47 bits per heavy atom. The van der Waals surface area contributed by atoms with Gasteiger partial charge in [0, 0.05) is 0 Å². The fraction of sp³-hybridized carbons (Fsp3) is 0.500. The summed E-state index contributed by atoms with van der Waals surface area (Å²) in [5.74, 6) is 0.743. The summed E-state index contributed by atoms with van der Waals surface area (Å²) in [6, 6.07) is 3.70. The van der Waals surface area contributed by atoms with Crippen LogP contribution in [-0.2, 0) is 9.47 Å². The zero-order valence-electron chi connectivity index (χ0n) is 8.19. The van der Waals surface area contributed by atoms with E-state index in [0.29, 0.717) is 26.4 Å². The molecule has 0 spiro atoms. The molecule has 1 aliphatic rings. The van der Waals surface area contributed by atoms with Crippen LogP contribution in [0.2, 0.25) is 0 Å². The molecule has 2 rings (SSSR count). The highest BCUT2D eigenvalue weighted by Gasteiger charge is 2.14. The van der Waals surface area contributed by atoms with Crippen LogP contribution in [0.5, 0.6) is 5.75 Å². The lowest BCUT2D eigenvalue weighted by molar-refractivity contribution is -0.101. The topological polar surface area (TPSA) is 40.6 Å². The van der Waals surface area contributed by atoms with E-state index in [-0.39, 0.29) is 6.10 Å². The maximum absolute atomic E-state index is 5.51. The lowest BCUT2D eigenvalue weighted by Crippen LogP contribution is -2.33. The quantitative estimate of drug-likeness (QED) is 0.786. The van der Waals surface area contributed by atoms with E-state index >= 15 is 0 Å². The van der Waals surface area contributed by atoms with E-state index in [1.807, 2.05) is 12.1 Å². The molecule has 1 atom stereocenters. The number of hydrogen-bond acceptors (Lipinski definition) is 4. The van der Waals surface area contributed by atoms with Crippen molar-refractivity contribution in [2.75, 3.05) is 26.4 Å². The van der Waals surface area contributed by atoms with E-state index in [0.717, 1.165) is 10.4 Å². The Balaban J connectivity index is 1.79.